The smallest absolute Gasteiger partial charge is 0.286 e. The molecule has 0 radical (unpaired) electrons. The standard InChI is InChI=1S/C24H29N3O5S/c1-4-26(16-17-9-12-20(31-2)21(14-17)32-3)24(28)18-10-11-19-22(15-18)33(29,30)25-23-8-6-5-7-13-27(19)23/h9-12,14-15H,4-8,13,16H2,1-3H3. The predicted octanol–water partition coefficient (Wildman–Crippen LogP) is 3.85. The van der Waals surface area contributed by atoms with Gasteiger partial charge in [-0.3, -0.25) is 4.79 Å². The molecule has 4 rings (SSSR count). The summed E-state index contributed by atoms with van der Waals surface area (Å²) in [6, 6.07) is 10.4. The van der Waals surface area contributed by atoms with Crippen LogP contribution in [0.2, 0.25) is 0 Å². The highest BCUT2D eigenvalue weighted by molar-refractivity contribution is 7.90. The van der Waals surface area contributed by atoms with Crippen molar-refractivity contribution in [1.29, 1.82) is 0 Å². The van der Waals surface area contributed by atoms with Crippen LogP contribution in [0.4, 0.5) is 5.69 Å². The minimum atomic E-state index is -3.85. The summed E-state index contributed by atoms with van der Waals surface area (Å²) >= 11 is 0. The lowest BCUT2D eigenvalue weighted by atomic mass is 10.1. The summed E-state index contributed by atoms with van der Waals surface area (Å²) in [5.41, 5.74) is 1.82. The van der Waals surface area contributed by atoms with Crippen molar-refractivity contribution in [3.8, 4) is 11.5 Å². The molecule has 2 aliphatic rings. The molecule has 2 aromatic carbocycles. The Morgan fingerprint density at radius 1 is 1.06 bits per heavy atom. The number of rotatable bonds is 6. The zero-order valence-electron chi connectivity index (χ0n) is 19.2. The Morgan fingerprint density at radius 2 is 1.85 bits per heavy atom. The third-order valence-electron chi connectivity index (χ3n) is 6.09. The van der Waals surface area contributed by atoms with Gasteiger partial charge < -0.3 is 19.3 Å². The number of methoxy groups -OCH3 is 2. The summed E-state index contributed by atoms with van der Waals surface area (Å²) in [6.45, 7) is 3.44. The van der Waals surface area contributed by atoms with Crippen LogP contribution in [-0.2, 0) is 16.6 Å². The quantitative estimate of drug-likeness (QED) is 0.636. The van der Waals surface area contributed by atoms with Crippen LogP contribution in [0.3, 0.4) is 0 Å². The van der Waals surface area contributed by atoms with Gasteiger partial charge in [0.2, 0.25) is 0 Å². The van der Waals surface area contributed by atoms with Gasteiger partial charge in [-0.1, -0.05) is 12.5 Å². The fraction of sp³-hybridized carbons (Fsp3) is 0.417. The van der Waals surface area contributed by atoms with E-state index < -0.39 is 10.0 Å². The van der Waals surface area contributed by atoms with E-state index in [-0.39, 0.29) is 10.8 Å². The Morgan fingerprint density at radius 3 is 2.58 bits per heavy atom. The molecule has 0 aromatic heterocycles. The lowest BCUT2D eigenvalue weighted by Crippen LogP contribution is -2.36. The number of nitrogens with zero attached hydrogens (tertiary/aromatic N) is 3. The van der Waals surface area contributed by atoms with E-state index >= 15 is 0 Å². The minimum Gasteiger partial charge on any atom is -0.493 e. The molecule has 0 atom stereocenters. The van der Waals surface area contributed by atoms with Gasteiger partial charge in [0.1, 0.15) is 10.7 Å². The molecule has 176 valence electrons. The SMILES string of the molecule is CCN(Cc1ccc(OC)c(OC)c1)C(=O)c1ccc2c(c1)S(=O)(=O)N=C1CCCCCN12. The third kappa shape index (κ3) is 4.55. The Balaban J connectivity index is 1.63. The van der Waals surface area contributed by atoms with Crippen LogP contribution in [0.1, 0.15) is 48.5 Å². The third-order valence-corrected chi connectivity index (χ3v) is 7.42. The molecule has 1 amide bonds. The Labute approximate surface area is 194 Å². The van der Waals surface area contributed by atoms with E-state index in [2.05, 4.69) is 4.40 Å². The molecule has 8 nitrogen and oxygen atoms in total. The second-order valence-electron chi connectivity index (χ2n) is 8.14. The number of ether oxygens (including phenoxy) is 2. The summed E-state index contributed by atoms with van der Waals surface area (Å²) in [5.74, 6) is 1.56. The first kappa shape index (κ1) is 23.1. The van der Waals surface area contributed by atoms with Gasteiger partial charge in [-0.15, -0.1) is 4.40 Å². The summed E-state index contributed by atoms with van der Waals surface area (Å²) < 4.78 is 40.5. The first-order valence-corrected chi connectivity index (χ1v) is 12.6. The van der Waals surface area contributed by atoms with Crippen LogP contribution in [0.5, 0.6) is 11.5 Å². The normalized spacial score (nSPS) is 16.7. The van der Waals surface area contributed by atoms with E-state index in [1.807, 2.05) is 24.0 Å². The molecule has 0 saturated carbocycles. The van der Waals surface area contributed by atoms with Crippen molar-refractivity contribution < 1.29 is 22.7 Å². The molecule has 33 heavy (non-hydrogen) atoms. The molecule has 0 unspecified atom stereocenters. The highest BCUT2D eigenvalue weighted by Gasteiger charge is 2.32. The van der Waals surface area contributed by atoms with Gasteiger partial charge in [0, 0.05) is 31.6 Å². The Hall–Kier alpha value is -3.07. The fourth-order valence-corrected chi connectivity index (χ4v) is 5.61. The topological polar surface area (TPSA) is 88.5 Å². The number of carbonyl (C=O) groups is 1. The molecule has 2 aliphatic heterocycles. The zero-order valence-corrected chi connectivity index (χ0v) is 20.0. The zero-order chi connectivity index (χ0) is 23.6. The van der Waals surface area contributed by atoms with Gasteiger partial charge in [0.25, 0.3) is 15.9 Å². The molecule has 0 spiro atoms. The van der Waals surface area contributed by atoms with Crippen LogP contribution in [0, 0.1) is 0 Å². The van der Waals surface area contributed by atoms with E-state index in [0.717, 1.165) is 31.4 Å². The average Bonchev–Trinajstić information content (AvgIpc) is 3.06. The predicted molar refractivity (Wildman–Crippen MR) is 127 cm³/mol. The van der Waals surface area contributed by atoms with Crippen molar-refractivity contribution in [2.24, 2.45) is 4.40 Å². The molecule has 1 saturated heterocycles. The van der Waals surface area contributed by atoms with E-state index in [1.54, 1.807) is 37.3 Å². The number of amides is 1. The van der Waals surface area contributed by atoms with Crippen molar-refractivity contribution in [2.75, 3.05) is 32.2 Å². The second kappa shape index (κ2) is 9.43. The van der Waals surface area contributed by atoms with Crippen molar-refractivity contribution in [3.63, 3.8) is 0 Å². The maximum absolute atomic E-state index is 13.3. The number of amidine groups is 1. The monoisotopic (exact) mass is 471 g/mol. The Kier molecular flexibility index (Phi) is 6.60. The van der Waals surface area contributed by atoms with Crippen LogP contribution >= 0.6 is 0 Å². The molecular weight excluding hydrogens is 442 g/mol. The van der Waals surface area contributed by atoms with E-state index in [9.17, 15) is 13.2 Å². The lowest BCUT2D eigenvalue weighted by Gasteiger charge is -2.30. The highest BCUT2D eigenvalue weighted by atomic mass is 32.2. The highest BCUT2D eigenvalue weighted by Crippen LogP contribution is 2.35. The van der Waals surface area contributed by atoms with Gasteiger partial charge >= 0.3 is 0 Å². The first-order valence-electron chi connectivity index (χ1n) is 11.1. The number of fused-ring (bicyclic) bond motifs is 3. The Bertz CT molecular complexity index is 1190. The number of hydrogen-bond acceptors (Lipinski definition) is 6. The molecule has 0 aliphatic carbocycles. The van der Waals surface area contributed by atoms with Crippen LogP contribution in [-0.4, -0.2) is 52.4 Å². The molecule has 1 fully saturated rings. The number of hydrogen-bond donors (Lipinski definition) is 0. The van der Waals surface area contributed by atoms with Crippen molar-refractivity contribution in [3.05, 3.63) is 47.5 Å². The van der Waals surface area contributed by atoms with Gasteiger partial charge in [-0.05, 0) is 55.7 Å². The van der Waals surface area contributed by atoms with Crippen LogP contribution < -0.4 is 14.4 Å². The average molecular weight is 472 g/mol. The molecule has 2 aromatic rings. The largest absolute Gasteiger partial charge is 0.493 e. The molecule has 2 heterocycles. The first-order chi connectivity index (χ1) is 15.9. The summed E-state index contributed by atoms with van der Waals surface area (Å²) in [4.78, 5) is 17.1. The van der Waals surface area contributed by atoms with E-state index in [0.29, 0.717) is 48.1 Å². The van der Waals surface area contributed by atoms with E-state index in [4.69, 9.17) is 9.47 Å². The van der Waals surface area contributed by atoms with Crippen molar-refractivity contribution in [2.45, 2.75) is 44.0 Å². The molecule has 9 heteroatoms. The number of benzene rings is 2. The summed E-state index contributed by atoms with van der Waals surface area (Å²) in [7, 11) is -0.710. The lowest BCUT2D eigenvalue weighted by molar-refractivity contribution is 0.0752. The second-order valence-corrected chi connectivity index (χ2v) is 9.71. The van der Waals surface area contributed by atoms with Crippen LogP contribution in [0.15, 0.2) is 45.7 Å². The number of anilines is 1. The van der Waals surface area contributed by atoms with E-state index in [1.165, 1.54) is 6.07 Å². The van der Waals surface area contributed by atoms with Crippen LogP contribution in [0.25, 0.3) is 0 Å². The van der Waals surface area contributed by atoms with Gasteiger partial charge in [-0.25, -0.2) is 0 Å². The van der Waals surface area contributed by atoms with Crippen molar-refractivity contribution in [1.82, 2.24) is 4.90 Å². The van der Waals surface area contributed by atoms with Crippen molar-refractivity contribution >= 4 is 27.5 Å². The number of sulfonamides is 1. The minimum absolute atomic E-state index is 0.0983. The summed E-state index contributed by atoms with van der Waals surface area (Å²) in [6.07, 6.45) is 3.60. The molecule has 0 N–H and O–H groups in total. The fourth-order valence-electron chi connectivity index (χ4n) is 4.32. The maximum Gasteiger partial charge on any atom is 0.286 e. The van der Waals surface area contributed by atoms with Gasteiger partial charge in [-0.2, -0.15) is 8.42 Å². The number of carbonyl (C=O) groups excluding carboxylic acids is 1. The molecule has 0 bridgehead atoms. The van der Waals surface area contributed by atoms with Gasteiger partial charge in [0.05, 0.1) is 19.9 Å². The molecular formula is C24H29N3O5S. The maximum atomic E-state index is 13.3. The summed E-state index contributed by atoms with van der Waals surface area (Å²) in [5, 5.41) is 0. The van der Waals surface area contributed by atoms with Gasteiger partial charge in [0.15, 0.2) is 11.5 Å².